The molecule has 118 valence electrons. The molecule has 0 saturated carbocycles. The maximum atomic E-state index is 12.7. The van der Waals surface area contributed by atoms with Crippen molar-refractivity contribution in [1.29, 1.82) is 0 Å². The van der Waals surface area contributed by atoms with Crippen LogP contribution < -0.4 is 0 Å². The molecule has 0 spiro atoms. The summed E-state index contributed by atoms with van der Waals surface area (Å²) in [6, 6.07) is 1.47. The first-order valence-corrected chi connectivity index (χ1v) is 9.20. The van der Waals surface area contributed by atoms with Crippen LogP contribution in [0.5, 0.6) is 0 Å². The van der Waals surface area contributed by atoms with Crippen molar-refractivity contribution in [2.24, 2.45) is 0 Å². The van der Waals surface area contributed by atoms with Crippen LogP contribution in [-0.4, -0.2) is 67.0 Å². The quantitative estimate of drug-likeness (QED) is 0.771. The maximum Gasteiger partial charge on any atom is 0.246 e. The molecule has 1 N–H and O–H groups in total. The molecule has 0 unspecified atom stereocenters. The predicted octanol–water partition coefficient (Wildman–Crippen LogP) is 1.19. The minimum Gasteiger partial charge on any atom is -0.395 e. The van der Waals surface area contributed by atoms with Crippen LogP contribution in [0.4, 0.5) is 0 Å². The lowest BCUT2D eigenvalue weighted by molar-refractivity contribution is 0.202. The number of aliphatic hydroxyl groups excluding tert-OH is 1. The number of halogens is 2. The second kappa shape index (κ2) is 7.34. The molecule has 0 radical (unpaired) electrons. The highest BCUT2D eigenvalue weighted by atomic mass is 79.9. The highest BCUT2D eigenvalue weighted by Gasteiger charge is 2.29. The van der Waals surface area contributed by atoms with Gasteiger partial charge >= 0.3 is 0 Å². The fourth-order valence-corrected chi connectivity index (χ4v) is 4.67. The van der Waals surface area contributed by atoms with Gasteiger partial charge in [0, 0.05) is 36.8 Å². The van der Waals surface area contributed by atoms with Gasteiger partial charge in [0.1, 0.15) is 10.0 Å². The Kier molecular flexibility index (Phi) is 5.98. The van der Waals surface area contributed by atoms with E-state index in [2.05, 4.69) is 25.8 Å². The first kappa shape index (κ1) is 17.1. The summed E-state index contributed by atoms with van der Waals surface area (Å²) in [5.74, 6) is 0. The zero-order valence-corrected chi connectivity index (χ0v) is 14.5. The van der Waals surface area contributed by atoms with Gasteiger partial charge in [-0.1, -0.05) is 11.6 Å². The Bertz CT molecular complexity index is 599. The molecule has 1 aliphatic rings. The molecular formula is C12H17BrClN3O3S. The first-order valence-electron chi connectivity index (χ1n) is 6.59. The average molecular weight is 399 g/mol. The molecule has 21 heavy (non-hydrogen) atoms. The molecule has 6 nitrogen and oxygen atoms in total. The molecule has 1 aliphatic heterocycles. The zero-order chi connectivity index (χ0) is 15.5. The van der Waals surface area contributed by atoms with Gasteiger partial charge in [0.05, 0.1) is 6.61 Å². The van der Waals surface area contributed by atoms with Crippen molar-refractivity contribution in [3.63, 3.8) is 0 Å². The average Bonchev–Trinajstić information content (AvgIpc) is 2.68. The van der Waals surface area contributed by atoms with E-state index in [1.165, 1.54) is 16.6 Å². The van der Waals surface area contributed by atoms with E-state index in [9.17, 15) is 8.42 Å². The van der Waals surface area contributed by atoms with Crippen LogP contribution in [0.15, 0.2) is 21.6 Å². The molecule has 0 bridgehead atoms. The van der Waals surface area contributed by atoms with Crippen molar-refractivity contribution < 1.29 is 13.5 Å². The number of β-amino-alcohol motifs (C(OH)–C–C–N with tert-alkyl or cyclic N) is 1. The Labute approximate surface area is 137 Å². The maximum absolute atomic E-state index is 12.7. The molecule has 0 aliphatic carbocycles. The van der Waals surface area contributed by atoms with Gasteiger partial charge in [-0.2, -0.15) is 4.31 Å². The topological polar surface area (TPSA) is 73.7 Å². The Morgan fingerprint density at radius 3 is 2.81 bits per heavy atom. The van der Waals surface area contributed by atoms with Crippen LogP contribution in [0.1, 0.15) is 6.42 Å². The monoisotopic (exact) mass is 397 g/mol. The van der Waals surface area contributed by atoms with Crippen molar-refractivity contribution in [3.8, 4) is 0 Å². The fraction of sp³-hybridized carbons (Fsp3) is 0.583. The molecule has 1 aromatic rings. The van der Waals surface area contributed by atoms with Gasteiger partial charge in [0.25, 0.3) is 0 Å². The third-order valence-corrected chi connectivity index (χ3v) is 6.11. The number of aliphatic hydroxyl groups is 1. The molecular weight excluding hydrogens is 382 g/mol. The number of sulfonamides is 1. The van der Waals surface area contributed by atoms with Gasteiger partial charge < -0.3 is 5.11 Å². The molecule has 1 aromatic heterocycles. The summed E-state index contributed by atoms with van der Waals surface area (Å²) >= 11 is 9.16. The van der Waals surface area contributed by atoms with Crippen molar-refractivity contribution in [3.05, 3.63) is 21.9 Å². The number of hydrogen-bond donors (Lipinski definition) is 1. The van der Waals surface area contributed by atoms with E-state index in [4.69, 9.17) is 16.7 Å². The van der Waals surface area contributed by atoms with Gasteiger partial charge in [0.15, 0.2) is 0 Å². The summed E-state index contributed by atoms with van der Waals surface area (Å²) in [5.41, 5.74) is 0. The highest BCUT2D eigenvalue weighted by molar-refractivity contribution is 9.10. The molecule has 0 aromatic carbocycles. The van der Waals surface area contributed by atoms with Gasteiger partial charge in [-0.25, -0.2) is 13.4 Å². The normalized spacial score (nSPS) is 18.6. The van der Waals surface area contributed by atoms with Crippen LogP contribution in [0, 0.1) is 0 Å². The predicted molar refractivity (Wildman–Crippen MR) is 83.8 cm³/mol. The van der Waals surface area contributed by atoms with Gasteiger partial charge in [-0.05, 0) is 35.0 Å². The third kappa shape index (κ3) is 4.14. The molecule has 2 heterocycles. The summed E-state index contributed by atoms with van der Waals surface area (Å²) in [6.45, 7) is 2.83. The van der Waals surface area contributed by atoms with E-state index < -0.39 is 10.0 Å². The van der Waals surface area contributed by atoms with E-state index in [1.54, 1.807) is 0 Å². The van der Waals surface area contributed by atoms with Crippen LogP contribution in [0.2, 0.25) is 5.15 Å². The summed E-state index contributed by atoms with van der Waals surface area (Å²) < 4.78 is 27.4. The second-order valence-electron chi connectivity index (χ2n) is 4.77. The summed E-state index contributed by atoms with van der Waals surface area (Å²) in [7, 11) is -3.66. The Hall–Kier alpha value is -0.250. The molecule has 2 rings (SSSR count). The zero-order valence-electron chi connectivity index (χ0n) is 11.4. The van der Waals surface area contributed by atoms with E-state index in [-0.39, 0.29) is 16.7 Å². The van der Waals surface area contributed by atoms with Crippen LogP contribution in [0.3, 0.4) is 0 Å². The highest BCUT2D eigenvalue weighted by Crippen LogP contribution is 2.26. The summed E-state index contributed by atoms with van der Waals surface area (Å²) in [5, 5.41) is 8.96. The molecule has 0 atom stereocenters. The number of nitrogens with zero attached hydrogens (tertiary/aromatic N) is 3. The minimum atomic E-state index is -3.66. The number of aromatic nitrogens is 1. The van der Waals surface area contributed by atoms with E-state index >= 15 is 0 Å². The summed E-state index contributed by atoms with van der Waals surface area (Å²) in [4.78, 5) is 5.95. The van der Waals surface area contributed by atoms with Crippen molar-refractivity contribution >= 4 is 37.6 Å². The van der Waals surface area contributed by atoms with E-state index in [0.29, 0.717) is 30.7 Å². The number of rotatable bonds is 4. The van der Waals surface area contributed by atoms with Crippen LogP contribution >= 0.6 is 27.5 Å². The third-order valence-electron chi connectivity index (χ3n) is 3.36. The lowest BCUT2D eigenvalue weighted by atomic mass is 10.4. The molecule has 1 saturated heterocycles. The molecule has 1 fully saturated rings. The molecule has 9 heteroatoms. The molecule has 0 amide bonds. The Balaban J connectivity index is 2.21. The van der Waals surface area contributed by atoms with Crippen molar-refractivity contribution in [2.45, 2.75) is 11.3 Å². The summed E-state index contributed by atoms with van der Waals surface area (Å²) in [6.07, 6.45) is 2.19. The minimum absolute atomic E-state index is 0.0188. The van der Waals surface area contributed by atoms with Crippen molar-refractivity contribution in [2.75, 3.05) is 39.3 Å². The lowest BCUT2D eigenvalue weighted by Crippen LogP contribution is -2.36. The fourth-order valence-electron chi connectivity index (χ4n) is 2.28. The number of pyridine rings is 1. The second-order valence-corrected chi connectivity index (χ2v) is 7.95. The smallest absolute Gasteiger partial charge is 0.246 e. The van der Waals surface area contributed by atoms with Crippen LogP contribution in [0.25, 0.3) is 0 Å². The van der Waals surface area contributed by atoms with Crippen LogP contribution in [-0.2, 0) is 10.0 Å². The van der Waals surface area contributed by atoms with E-state index in [1.807, 2.05) is 0 Å². The standard InChI is InChI=1S/C12H17BrClN3O3S/c13-10-8-11(12(14)15-9-10)21(19,20)17-3-1-2-16(4-5-17)6-7-18/h8-9,18H,1-7H2. The number of hydrogen-bond acceptors (Lipinski definition) is 5. The largest absolute Gasteiger partial charge is 0.395 e. The van der Waals surface area contributed by atoms with Gasteiger partial charge in [-0.15, -0.1) is 0 Å². The lowest BCUT2D eigenvalue weighted by Gasteiger charge is -2.21. The van der Waals surface area contributed by atoms with E-state index in [0.717, 1.165) is 13.0 Å². The van der Waals surface area contributed by atoms with Gasteiger partial charge in [0.2, 0.25) is 10.0 Å². The Morgan fingerprint density at radius 2 is 2.10 bits per heavy atom. The Morgan fingerprint density at radius 1 is 1.33 bits per heavy atom. The van der Waals surface area contributed by atoms with Gasteiger partial charge in [-0.3, -0.25) is 4.90 Å². The SMILES string of the molecule is O=S(=O)(c1cc(Br)cnc1Cl)N1CCCN(CCO)CC1. The van der Waals surface area contributed by atoms with Crippen molar-refractivity contribution in [1.82, 2.24) is 14.2 Å². The first-order chi connectivity index (χ1) is 9.95.